The predicted molar refractivity (Wildman–Crippen MR) is 106 cm³/mol. The summed E-state index contributed by atoms with van der Waals surface area (Å²) in [5.74, 6) is -0.211. The lowest BCUT2D eigenvalue weighted by Crippen LogP contribution is -2.07. The van der Waals surface area contributed by atoms with E-state index in [1.807, 2.05) is 6.92 Å². The highest BCUT2D eigenvalue weighted by atomic mass is 35.5. The van der Waals surface area contributed by atoms with Crippen molar-refractivity contribution in [2.24, 2.45) is 0 Å². The minimum absolute atomic E-state index is 0.0911. The van der Waals surface area contributed by atoms with E-state index in [0.717, 1.165) is 23.5 Å². The Morgan fingerprint density at radius 2 is 1.74 bits per heavy atom. The minimum Gasteiger partial charge on any atom is -0.253 e. The molecule has 142 valence electrons. The average Bonchev–Trinajstić information content (AvgIpc) is 3.09. The summed E-state index contributed by atoms with van der Waals surface area (Å²) in [5.41, 5.74) is 0.680. The summed E-state index contributed by atoms with van der Waals surface area (Å²) in [5, 5.41) is 0.742. The van der Waals surface area contributed by atoms with Crippen molar-refractivity contribution in [1.82, 2.24) is 4.98 Å². The van der Waals surface area contributed by atoms with E-state index in [-0.39, 0.29) is 14.1 Å². The van der Waals surface area contributed by atoms with Crippen molar-refractivity contribution >= 4 is 43.6 Å². The fourth-order valence-electron chi connectivity index (χ4n) is 2.33. The summed E-state index contributed by atoms with van der Waals surface area (Å²) >= 11 is 6.98. The first kappa shape index (κ1) is 20.1. The molecule has 1 unspecified atom stereocenters. The molecule has 9 heteroatoms. The Morgan fingerprint density at radius 3 is 2.33 bits per heavy atom. The molecule has 1 atom stereocenters. The molecule has 1 aromatic heterocycles. The molecule has 27 heavy (non-hydrogen) atoms. The van der Waals surface area contributed by atoms with Crippen molar-refractivity contribution in [1.29, 1.82) is 0 Å². The number of sulfone groups is 1. The number of hydrogen-bond acceptors (Lipinski definition) is 5. The van der Waals surface area contributed by atoms with Gasteiger partial charge in [0.1, 0.15) is 15.0 Å². The molecule has 0 saturated heterocycles. The lowest BCUT2D eigenvalue weighted by molar-refractivity contribution is 0.589. The van der Waals surface area contributed by atoms with Gasteiger partial charge < -0.3 is 0 Å². The average molecular weight is 444 g/mol. The molecule has 1 heterocycles. The third kappa shape index (κ3) is 4.29. The van der Waals surface area contributed by atoms with E-state index >= 15 is 0 Å². The van der Waals surface area contributed by atoms with Gasteiger partial charge in [0.15, 0.2) is 5.03 Å². The Labute approximate surface area is 168 Å². The maximum absolute atomic E-state index is 13.2. The Morgan fingerprint density at radius 1 is 1.11 bits per heavy atom. The predicted octanol–water partition coefficient (Wildman–Crippen LogP) is 4.95. The van der Waals surface area contributed by atoms with Crippen LogP contribution in [0.5, 0.6) is 0 Å². The first-order valence-corrected chi connectivity index (χ1v) is 12.0. The van der Waals surface area contributed by atoms with Gasteiger partial charge >= 0.3 is 0 Å². The van der Waals surface area contributed by atoms with E-state index in [1.54, 1.807) is 24.3 Å². The normalized spacial score (nSPS) is 12.9. The molecule has 0 saturated carbocycles. The molecule has 0 spiro atoms. The van der Waals surface area contributed by atoms with Crippen molar-refractivity contribution < 1.29 is 17.0 Å². The number of halogens is 2. The molecule has 0 N–H and O–H groups in total. The van der Waals surface area contributed by atoms with Crippen molar-refractivity contribution in [3.63, 3.8) is 0 Å². The van der Waals surface area contributed by atoms with E-state index in [9.17, 15) is 17.0 Å². The number of hydrogen-bond donors (Lipinski definition) is 0. The second-order valence-corrected chi connectivity index (χ2v) is 10.7. The highest BCUT2D eigenvalue weighted by Crippen LogP contribution is 2.36. The summed E-state index contributed by atoms with van der Waals surface area (Å²) in [4.78, 5) is 4.19. The Bertz CT molecular complexity index is 1080. The van der Waals surface area contributed by atoms with Crippen molar-refractivity contribution in [3.05, 3.63) is 59.4 Å². The van der Waals surface area contributed by atoms with E-state index in [4.69, 9.17) is 11.6 Å². The molecule has 0 bridgehead atoms. The Kier molecular flexibility index (Phi) is 6.10. The van der Waals surface area contributed by atoms with Crippen LogP contribution >= 0.6 is 22.9 Å². The third-order valence-corrected chi connectivity index (χ3v) is 8.93. The second kappa shape index (κ2) is 8.18. The maximum atomic E-state index is 13.2. The first-order valence-electron chi connectivity index (χ1n) is 7.98. The SMILES string of the molecule is CCCS(=O)c1sc(-c2ccc(Cl)cc2)nc1S(=O)(=O)c1ccc(F)cc1. The van der Waals surface area contributed by atoms with Crippen molar-refractivity contribution in [2.75, 3.05) is 5.75 Å². The topological polar surface area (TPSA) is 64.1 Å². The fraction of sp³-hybridized carbons (Fsp3) is 0.167. The lowest BCUT2D eigenvalue weighted by atomic mass is 10.2. The summed E-state index contributed by atoms with van der Waals surface area (Å²) < 4.78 is 52.1. The van der Waals surface area contributed by atoms with E-state index < -0.39 is 26.5 Å². The molecule has 2 aromatic carbocycles. The van der Waals surface area contributed by atoms with Crippen molar-refractivity contribution in [3.8, 4) is 10.6 Å². The van der Waals surface area contributed by atoms with Gasteiger partial charge in [0.2, 0.25) is 9.84 Å². The van der Waals surface area contributed by atoms with E-state index in [1.165, 1.54) is 12.1 Å². The minimum atomic E-state index is -4.03. The van der Waals surface area contributed by atoms with Crippen LogP contribution < -0.4 is 0 Å². The summed E-state index contributed by atoms with van der Waals surface area (Å²) in [6, 6.07) is 11.3. The van der Waals surface area contributed by atoms with Gasteiger partial charge in [-0.3, -0.25) is 4.21 Å². The second-order valence-electron chi connectivity index (χ2n) is 5.63. The van der Waals surface area contributed by atoms with Gasteiger partial charge in [-0.25, -0.2) is 17.8 Å². The molecular weight excluding hydrogens is 429 g/mol. The molecule has 0 radical (unpaired) electrons. The maximum Gasteiger partial charge on any atom is 0.225 e. The van der Waals surface area contributed by atoms with Gasteiger partial charge in [-0.15, -0.1) is 11.3 Å². The number of aromatic nitrogens is 1. The van der Waals surface area contributed by atoms with Crippen LogP contribution in [0, 0.1) is 5.82 Å². The van der Waals surface area contributed by atoms with Gasteiger partial charge in [-0.05, 0) is 42.8 Å². The lowest BCUT2D eigenvalue weighted by Gasteiger charge is -2.04. The quantitative estimate of drug-likeness (QED) is 0.505. The number of nitrogens with zero attached hydrogens (tertiary/aromatic N) is 1. The van der Waals surface area contributed by atoms with E-state index in [2.05, 4.69) is 4.98 Å². The van der Waals surface area contributed by atoms with Crippen molar-refractivity contribution in [2.45, 2.75) is 27.5 Å². The summed E-state index contributed by atoms with van der Waals surface area (Å²) in [6.07, 6.45) is 0.636. The Hall–Kier alpha value is -1.61. The third-order valence-electron chi connectivity index (χ3n) is 3.63. The monoisotopic (exact) mass is 443 g/mol. The van der Waals surface area contributed by atoms with Crippen LogP contribution in [0.25, 0.3) is 10.6 Å². The highest BCUT2D eigenvalue weighted by Gasteiger charge is 2.29. The Balaban J connectivity index is 2.16. The fourth-order valence-corrected chi connectivity index (χ4v) is 7.07. The van der Waals surface area contributed by atoms with Crippen LogP contribution in [0.3, 0.4) is 0 Å². The zero-order chi connectivity index (χ0) is 19.6. The van der Waals surface area contributed by atoms with Crippen LogP contribution in [0.15, 0.2) is 62.7 Å². The highest BCUT2D eigenvalue weighted by molar-refractivity contribution is 7.93. The van der Waals surface area contributed by atoms with Crippen LogP contribution in [0.2, 0.25) is 5.02 Å². The van der Waals surface area contributed by atoms with E-state index in [0.29, 0.717) is 27.8 Å². The molecule has 0 fully saturated rings. The zero-order valence-corrected chi connectivity index (χ0v) is 17.4. The largest absolute Gasteiger partial charge is 0.253 e. The van der Waals surface area contributed by atoms with Crippen LogP contribution in [-0.4, -0.2) is 23.4 Å². The van der Waals surface area contributed by atoms with Gasteiger partial charge in [-0.2, -0.15) is 0 Å². The van der Waals surface area contributed by atoms with Crippen LogP contribution in [0.4, 0.5) is 4.39 Å². The molecule has 3 aromatic rings. The molecule has 0 aliphatic heterocycles. The molecule has 3 rings (SSSR count). The summed E-state index contributed by atoms with van der Waals surface area (Å²) in [7, 11) is -5.53. The van der Waals surface area contributed by atoms with Gasteiger partial charge in [0.25, 0.3) is 0 Å². The molecule has 0 aliphatic carbocycles. The number of rotatable bonds is 6. The molecular formula is C18H15ClFNO3S3. The smallest absolute Gasteiger partial charge is 0.225 e. The molecule has 0 amide bonds. The van der Waals surface area contributed by atoms with Crippen LogP contribution in [0.1, 0.15) is 13.3 Å². The molecule has 0 aliphatic rings. The zero-order valence-electron chi connectivity index (χ0n) is 14.2. The number of thiazole rings is 1. The summed E-state index contributed by atoms with van der Waals surface area (Å²) in [6.45, 7) is 1.87. The standard InChI is InChI=1S/C18H15ClFNO3S3/c1-2-11-26(22)18-17(27(23,24)15-9-7-14(20)8-10-15)21-16(25-18)12-3-5-13(19)6-4-12/h3-10H,2,11H2,1H3. The number of benzene rings is 2. The first-order chi connectivity index (χ1) is 12.8. The van der Waals surface area contributed by atoms with Gasteiger partial charge in [0, 0.05) is 16.3 Å². The van der Waals surface area contributed by atoms with Crippen LogP contribution in [-0.2, 0) is 20.6 Å². The van der Waals surface area contributed by atoms with Gasteiger partial charge in [0.05, 0.1) is 15.7 Å². The van der Waals surface area contributed by atoms with Gasteiger partial charge in [-0.1, -0.05) is 30.7 Å². The molecule has 4 nitrogen and oxygen atoms in total.